The molecule has 5 atom stereocenters. The van der Waals surface area contributed by atoms with E-state index in [-0.39, 0.29) is 32.2 Å². The molecule has 0 aliphatic carbocycles. The number of ether oxygens (including phenoxy) is 2. The summed E-state index contributed by atoms with van der Waals surface area (Å²) in [6.07, 6.45) is -1.22. The Balaban J connectivity index is 1.75. The van der Waals surface area contributed by atoms with Crippen LogP contribution in [0.25, 0.3) is 11.2 Å². The molecule has 38 heavy (non-hydrogen) atoms. The number of nitrogen functional groups attached to an aromatic ring is 1. The van der Waals surface area contributed by atoms with Crippen LogP contribution in [0, 0.1) is 0 Å². The highest BCUT2D eigenvalue weighted by Crippen LogP contribution is 2.66. The third-order valence-electron chi connectivity index (χ3n) is 4.35. The number of imidazole rings is 1. The highest BCUT2D eigenvalue weighted by Gasteiger charge is 2.43. The van der Waals surface area contributed by atoms with Gasteiger partial charge in [0.2, 0.25) is 5.95 Å². The number of halogens is 1. The summed E-state index contributed by atoms with van der Waals surface area (Å²) in [4.78, 5) is 59.0. The molecular weight excluding hydrogens is 730 g/mol. The van der Waals surface area contributed by atoms with Crippen molar-refractivity contribution in [2.45, 2.75) is 41.5 Å². The zero-order chi connectivity index (χ0) is 28.5. The Bertz CT molecular complexity index is 1350. The fourth-order valence-electron chi connectivity index (χ4n) is 3.10. The van der Waals surface area contributed by atoms with Crippen molar-refractivity contribution in [1.29, 1.82) is 0 Å². The number of nitrogens with zero attached hydrogens (tertiary/aromatic N) is 3. The Morgan fingerprint density at radius 2 is 1.95 bits per heavy atom. The quantitative estimate of drug-likeness (QED) is 0.0427. The Morgan fingerprint density at radius 1 is 1.26 bits per heavy atom. The molecule has 216 valence electrons. The standard InChI is InChI=1S/C14H23IN5O13P3S2/c1-14(2,15)38-37-6-29-7-3-9(20-5-17-10-11(20)18-13(16)19-12(10)21)31-8(7)4-30-35(25,26)33-36(27,28)32-34(22,23)24/h5,7-9H,3-4,6H2,1-2H3,(H,25,26)(H,27,28)(H2,22,23,24)(H3,16,18,19,21)/t7-,8-,9-/m1/s1. The van der Waals surface area contributed by atoms with Crippen molar-refractivity contribution in [3.8, 4) is 0 Å². The number of nitrogens with two attached hydrogens (primary N) is 1. The molecule has 18 nitrogen and oxygen atoms in total. The van der Waals surface area contributed by atoms with Crippen molar-refractivity contribution in [1.82, 2.24) is 19.5 Å². The number of aromatic nitrogens is 4. The van der Waals surface area contributed by atoms with E-state index >= 15 is 0 Å². The first-order valence-corrected chi connectivity index (χ1v) is 18.0. The van der Waals surface area contributed by atoms with Gasteiger partial charge in [-0.05, 0) is 13.8 Å². The van der Waals surface area contributed by atoms with E-state index < -0.39 is 54.1 Å². The van der Waals surface area contributed by atoms with Crippen molar-refractivity contribution in [3.63, 3.8) is 0 Å². The van der Waals surface area contributed by atoms with Crippen LogP contribution in [-0.2, 0) is 36.3 Å². The number of nitrogens with one attached hydrogen (secondary N) is 1. The van der Waals surface area contributed by atoms with Crippen LogP contribution in [-0.4, -0.2) is 66.6 Å². The maximum atomic E-state index is 12.2. The Kier molecular flexibility index (Phi) is 10.6. The topological polar surface area (TPSA) is 268 Å². The van der Waals surface area contributed by atoms with Gasteiger partial charge in [0.1, 0.15) is 18.3 Å². The maximum Gasteiger partial charge on any atom is 0.490 e. The molecule has 0 radical (unpaired) electrons. The van der Waals surface area contributed by atoms with Crippen LogP contribution in [0.2, 0.25) is 0 Å². The number of phosphoric ester groups is 1. The number of fused-ring (bicyclic) bond motifs is 1. The van der Waals surface area contributed by atoms with E-state index in [1.54, 1.807) is 0 Å². The molecule has 1 aliphatic rings. The highest BCUT2D eigenvalue weighted by atomic mass is 127. The number of hydrogen-bond acceptors (Lipinski definition) is 14. The predicted octanol–water partition coefficient (Wildman–Crippen LogP) is 2.23. The Morgan fingerprint density at radius 3 is 2.58 bits per heavy atom. The second-order valence-electron chi connectivity index (χ2n) is 7.91. The van der Waals surface area contributed by atoms with Crippen LogP contribution in [0.15, 0.2) is 11.1 Å². The van der Waals surface area contributed by atoms with Crippen LogP contribution in [0.5, 0.6) is 0 Å². The monoisotopic (exact) mass is 753 g/mol. The van der Waals surface area contributed by atoms with Crippen molar-refractivity contribution >= 4 is 84.8 Å². The summed E-state index contributed by atoms with van der Waals surface area (Å²) in [7, 11) is -13.7. The summed E-state index contributed by atoms with van der Waals surface area (Å²) in [6.45, 7) is 3.27. The van der Waals surface area contributed by atoms with E-state index in [2.05, 4.69) is 46.2 Å². The SMILES string of the molecule is CC(C)(I)SSCO[C@@H]1C[C@H](n2cnc3c(=O)[nH]c(N)nc32)O[C@@H]1COP(=O)(O)OP(=O)(O)OP(=O)(O)O. The summed E-state index contributed by atoms with van der Waals surface area (Å²) in [6, 6.07) is 0. The minimum Gasteiger partial charge on any atom is -0.369 e. The predicted molar refractivity (Wildman–Crippen MR) is 144 cm³/mol. The summed E-state index contributed by atoms with van der Waals surface area (Å²) in [5.41, 5.74) is 5.16. The van der Waals surface area contributed by atoms with Crippen molar-refractivity contribution in [3.05, 3.63) is 16.7 Å². The van der Waals surface area contributed by atoms with E-state index in [0.717, 1.165) is 0 Å². The lowest BCUT2D eigenvalue weighted by atomic mass is 10.2. The summed E-state index contributed by atoms with van der Waals surface area (Å²) in [5, 5.41) is 0. The van der Waals surface area contributed by atoms with Crippen LogP contribution in [0.4, 0.5) is 5.95 Å². The summed E-state index contributed by atoms with van der Waals surface area (Å²) >= 11 is 2.24. The van der Waals surface area contributed by atoms with Gasteiger partial charge < -0.3 is 34.8 Å². The van der Waals surface area contributed by atoms with Gasteiger partial charge in [0.15, 0.2) is 11.2 Å². The smallest absolute Gasteiger partial charge is 0.369 e. The molecular formula is C14H23IN5O13P3S2. The largest absolute Gasteiger partial charge is 0.490 e. The van der Waals surface area contributed by atoms with E-state index in [9.17, 15) is 28.3 Å². The van der Waals surface area contributed by atoms with Gasteiger partial charge in [0, 0.05) is 6.42 Å². The van der Waals surface area contributed by atoms with E-state index in [0.29, 0.717) is 0 Å². The van der Waals surface area contributed by atoms with Crippen LogP contribution in [0.1, 0.15) is 26.5 Å². The summed E-state index contributed by atoms with van der Waals surface area (Å²) in [5.74, 6) is 0.0215. The van der Waals surface area contributed by atoms with Gasteiger partial charge in [-0.1, -0.05) is 44.2 Å². The molecule has 2 aromatic heterocycles. The third kappa shape index (κ3) is 9.78. The molecule has 7 N–H and O–H groups in total. The molecule has 3 heterocycles. The Hall–Kier alpha value is -0.0900. The van der Waals surface area contributed by atoms with E-state index in [1.165, 1.54) is 32.5 Å². The second kappa shape index (κ2) is 12.4. The normalized spacial score (nSPS) is 23.9. The van der Waals surface area contributed by atoms with Crippen molar-refractivity contribution in [2.75, 3.05) is 18.3 Å². The highest BCUT2D eigenvalue weighted by molar-refractivity contribution is 14.1. The zero-order valence-corrected chi connectivity index (χ0v) is 25.8. The first-order valence-electron chi connectivity index (χ1n) is 10.1. The number of aromatic amines is 1. The summed E-state index contributed by atoms with van der Waals surface area (Å²) < 4.78 is 59.8. The number of hydrogen-bond donors (Lipinski definition) is 6. The first kappa shape index (κ1) is 32.4. The lowest BCUT2D eigenvalue weighted by molar-refractivity contribution is -0.0522. The van der Waals surface area contributed by atoms with Gasteiger partial charge in [-0.3, -0.25) is 18.9 Å². The minimum absolute atomic E-state index is 0.00628. The van der Waals surface area contributed by atoms with Gasteiger partial charge in [-0.15, -0.1) is 0 Å². The average molecular weight is 753 g/mol. The van der Waals surface area contributed by atoms with Gasteiger partial charge in [-0.2, -0.15) is 13.6 Å². The van der Waals surface area contributed by atoms with E-state index in [4.69, 9.17) is 29.5 Å². The van der Waals surface area contributed by atoms with Crippen molar-refractivity contribution in [2.24, 2.45) is 0 Å². The fraction of sp³-hybridized carbons (Fsp3) is 0.643. The molecule has 0 spiro atoms. The van der Waals surface area contributed by atoms with Crippen LogP contribution in [0.3, 0.4) is 0 Å². The third-order valence-corrected chi connectivity index (χ3v) is 12.3. The lowest BCUT2D eigenvalue weighted by Crippen LogP contribution is -2.29. The molecule has 0 saturated carbocycles. The number of rotatable bonds is 13. The maximum absolute atomic E-state index is 12.2. The van der Waals surface area contributed by atoms with Gasteiger partial charge in [0.05, 0.1) is 21.8 Å². The van der Waals surface area contributed by atoms with E-state index in [1.807, 2.05) is 13.8 Å². The van der Waals surface area contributed by atoms with Crippen molar-refractivity contribution < 1.29 is 55.9 Å². The molecule has 0 amide bonds. The number of alkyl halides is 1. The molecule has 3 rings (SSSR count). The van der Waals surface area contributed by atoms with Crippen LogP contribution >= 0.6 is 67.6 Å². The minimum atomic E-state index is -5.68. The molecule has 0 bridgehead atoms. The molecule has 1 fully saturated rings. The molecule has 1 saturated heterocycles. The average Bonchev–Trinajstić information content (AvgIpc) is 3.30. The molecule has 1 aliphatic heterocycles. The Labute approximate surface area is 235 Å². The molecule has 2 aromatic rings. The number of H-pyrrole nitrogens is 1. The second-order valence-corrected chi connectivity index (χ2v) is 18.6. The van der Waals surface area contributed by atoms with Crippen LogP contribution < -0.4 is 11.3 Å². The fourth-order valence-corrected chi connectivity index (χ4v) is 8.99. The zero-order valence-electron chi connectivity index (χ0n) is 19.3. The molecule has 2 unspecified atom stereocenters. The van der Waals surface area contributed by atoms with Gasteiger partial charge in [0.25, 0.3) is 5.56 Å². The number of phosphoric acid groups is 3. The van der Waals surface area contributed by atoms with Gasteiger partial charge >= 0.3 is 23.5 Å². The molecule has 0 aromatic carbocycles. The lowest BCUT2D eigenvalue weighted by Gasteiger charge is -2.21. The molecule has 24 heteroatoms. The number of anilines is 1. The van der Waals surface area contributed by atoms with Gasteiger partial charge in [-0.25, -0.2) is 18.7 Å². The first-order chi connectivity index (χ1) is 17.3.